The number of nitrogens with zero attached hydrogens (tertiary/aromatic N) is 2. The number of fused-ring (bicyclic) bond motifs is 1. The zero-order chi connectivity index (χ0) is 14.0. The third-order valence-corrected chi connectivity index (χ3v) is 3.48. The van der Waals surface area contributed by atoms with Crippen LogP contribution in [0.1, 0.15) is 17.3 Å². The lowest BCUT2D eigenvalue weighted by Gasteiger charge is -2.34. The van der Waals surface area contributed by atoms with E-state index in [4.69, 9.17) is 4.74 Å². The normalized spacial score (nSPS) is 17.4. The number of amides is 1. The van der Waals surface area contributed by atoms with Gasteiger partial charge < -0.3 is 14.5 Å². The first-order valence-corrected chi connectivity index (χ1v) is 6.40. The highest BCUT2D eigenvalue weighted by molar-refractivity contribution is 5.95. The fraction of sp³-hybridized carbons (Fsp3) is 0.400. The Morgan fingerprint density at radius 2 is 2.37 bits per heavy atom. The fourth-order valence-electron chi connectivity index (χ4n) is 2.10. The van der Waals surface area contributed by atoms with E-state index in [1.165, 1.54) is 0 Å². The molecule has 1 aliphatic rings. The highest BCUT2D eigenvalue weighted by Gasteiger charge is 2.23. The quantitative estimate of drug-likeness (QED) is 0.781. The lowest BCUT2D eigenvalue weighted by atomic mass is 10.1. The second kappa shape index (κ2) is 5.34. The minimum Gasteiger partial charge on any atom is -0.489 e. The molecule has 1 aromatic rings. The lowest BCUT2D eigenvalue weighted by Crippen LogP contribution is -2.38. The Morgan fingerprint density at radius 1 is 1.63 bits per heavy atom. The molecule has 1 atom stereocenters. The fourth-order valence-corrected chi connectivity index (χ4v) is 2.10. The van der Waals surface area contributed by atoms with Crippen LogP contribution >= 0.6 is 0 Å². The number of hydrogen-bond donors (Lipinski definition) is 0. The summed E-state index contributed by atoms with van der Waals surface area (Å²) in [4.78, 5) is 16.0. The van der Waals surface area contributed by atoms with Gasteiger partial charge in [-0.25, -0.2) is 0 Å². The van der Waals surface area contributed by atoms with E-state index in [2.05, 4.69) is 18.4 Å². The highest BCUT2D eigenvalue weighted by atomic mass is 16.5. The highest BCUT2D eigenvalue weighted by Crippen LogP contribution is 2.33. The predicted octanol–water partition coefficient (Wildman–Crippen LogP) is 2.16. The van der Waals surface area contributed by atoms with Crippen LogP contribution in [0.15, 0.2) is 30.9 Å². The molecule has 1 heterocycles. The molecule has 1 aliphatic heterocycles. The summed E-state index contributed by atoms with van der Waals surface area (Å²) in [6.07, 6.45) is 1.72. The average molecular weight is 260 g/mol. The molecule has 0 fully saturated rings. The molecule has 4 heteroatoms. The van der Waals surface area contributed by atoms with Gasteiger partial charge in [-0.2, -0.15) is 0 Å². The summed E-state index contributed by atoms with van der Waals surface area (Å²) in [7, 11) is 3.79. The van der Waals surface area contributed by atoms with Crippen molar-refractivity contribution in [1.29, 1.82) is 0 Å². The molecule has 1 aromatic carbocycles. The van der Waals surface area contributed by atoms with Gasteiger partial charge in [-0.1, -0.05) is 6.08 Å². The molecule has 0 aliphatic carbocycles. The van der Waals surface area contributed by atoms with Gasteiger partial charge >= 0.3 is 0 Å². The van der Waals surface area contributed by atoms with E-state index in [-0.39, 0.29) is 5.91 Å². The topological polar surface area (TPSA) is 32.8 Å². The van der Waals surface area contributed by atoms with Crippen LogP contribution in [0.5, 0.6) is 5.75 Å². The van der Waals surface area contributed by atoms with Crippen molar-refractivity contribution in [1.82, 2.24) is 4.90 Å². The smallest absolute Gasteiger partial charge is 0.253 e. The van der Waals surface area contributed by atoms with Gasteiger partial charge in [0.25, 0.3) is 5.91 Å². The van der Waals surface area contributed by atoms with Gasteiger partial charge in [0, 0.05) is 26.2 Å². The number of carbonyl (C=O) groups excluding carboxylic acids is 1. The molecular formula is C15H20N2O2. The maximum absolute atomic E-state index is 12.2. The molecular weight excluding hydrogens is 240 g/mol. The van der Waals surface area contributed by atoms with E-state index in [9.17, 15) is 4.79 Å². The zero-order valence-corrected chi connectivity index (χ0v) is 11.7. The molecule has 2 rings (SSSR count). The van der Waals surface area contributed by atoms with Crippen molar-refractivity contribution in [3.05, 3.63) is 36.4 Å². The van der Waals surface area contributed by atoms with Crippen LogP contribution in [0.3, 0.4) is 0 Å². The van der Waals surface area contributed by atoms with Crippen molar-refractivity contribution in [2.75, 3.05) is 32.1 Å². The molecule has 102 valence electrons. The van der Waals surface area contributed by atoms with Crippen molar-refractivity contribution in [2.24, 2.45) is 0 Å². The second-order valence-electron chi connectivity index (χ2n) is 4.93. The Labute approximate surface area is 114 Å². The summed E-state index contributed by atoms with van der Waals surface area (Å²) in [5, 5.41) is 0. The van der Waals surface area contributed by atoms with Gasteiger partial charge in [-0.3, -0.25) is 4.79 Å². The molecule has 19 heavy (non-hydrogen) atoms. The van der Waals surface area contributed by atoms with Crippen LogP contribution in [0, 0.1) is 0 Å². The van der Waals surface area contributed by atoms with Crippen LogP contribution < -0.4 is 9.64 Å². The Hall–Kier alpha value is -1.97. The summed E-state index contributed by atoms with van der Waals surface area (Å²) >= 11 is 0. The Morgan fingerprint density at radius 3 is 3.05 bits per heavy atom. The molecule has 0 saturated carbocycles. The number of likely N-dealkylation sites (N-methyl/N-ethyl adjacent to an activating group) is 2. The van der Waals surface area contributed by atoms with E-state index in [1.807, 2.05) is 25.2 Å². The third kappa shape index (κ3) is 2.57. The molecule has 0 aromatic heterocycles. The number of anilines is 1. The monoisotopic (exact) mass is 260 g/mol. The summed E-state index contributed by atoms with van der Waals surface area (Å²) < 4.78 is 5.67. The molecule has 0 spiro atoms. The largest absolute Gasteiger partial charge is 0.489 e. The number of rotatable bonds is 3. The van der Waals surface area contributed by atoms with Gasteiger partial charge in [0.15, 0.2) is 0 Å². The van der Waals surface area contributed by atoms with Crippen LogP contribution in [0.4, 0.5) is 5.69 Å². The Balaban J connectivity index is 2.30. The first-order valence-electron chi connectivity index (χ1n) is 6.40. The number of carbonyl (C=O) groups is 1. The Kier molecular flexibility index (Phi) is 3.79. The molecule has 1 amide bonds. The molecule has 0 saturated heterocycles. The first-order chi connectivity index (χ1) is 9.04. The van der Waals surface area contributed by atoms with Crippen LogP contribution in [-0.4, -0.2) is 44.1 Å². The molecule has 0 N–H and O–H groups in total. The summed E-state index contributed by atoms with van der Waals surface area (Å²) in [5.41, 5.74) is 1.64. The van der Waals surface area contributed by atoms with E-state index in [1.54, 1.807) is 18.0 Å². The standard InChI is InChI=1S/C15H20N2O2/c1-5-8-16(3)15(18)12-6-7-14-13(9-12)17(4)11(2)10-19-14/h5-7,9,11H,1,8,10H2,2-4H3/t11-/m1/s1. The molecule has 0 unspecified atom stereocenters. The molecule has 0 bridgehead atoms. The van der Waals surface area contributed by atoms with Gasteiger partial charge in [-0.15, -0.1) is 6.58 Å². The second-order valence-corrected chi connectivity index (χ2v) is 4.93. The van der Waals surface area contributed by atoms with Crippen LogP contribution in [-0.2, 0) is 0 Å². The zero-order valence-electron chi connectivity index (χ0n) is 11.7. The van der Waals surface area contributed by atoms with E-state index < -0.39 is 0 Å². The average Bonchev–Trinajstić information content (AvgIpc) is 2.42. The van der Waals surface area contributed by atoms with Crippen LogP contribution in [0.25, 0.3) is 0 Å². The maximum Gasteiger partial charge on any atom is 0.253 e. The lowest BCUT2D eigenvalue weighted by molar-refractivity contribution is 0.0810. The number of benzene rings is 1. The SMILES string of the molecule is C=CCN(C)C(=O)c1ccc2c(c1)N(C)[C@H](C)CO2. The third-order valence-electron chi connectivity index (χ3n) is 3.48. The summed E-state index contributed by atoms with van der Waals surface area (Å²) in [6.45, 7) is 6.96. The van der Waals surface area contributed by atoms with Crippen LogP contribution in [0.2, 0.25) is 0 Å². The van der Waals surface area contributed by atoms with E-state index in [0.717, 1.165) is 11.4 Å². The van der Waals surface area contributed by atoms with Crippen molar-refractivity contribution in [2.45, 2.75) is 13.0 Å². The van der Waals surface area contributed by atoms with Gasteiger partial charge in [-0.05, 0) is 25.1 Å². The summed E-state index contributed by atoms with van der Waals surface area (Å²) in [5.74, 6) is 0.831. The van der Waals surface area contributed by atoms with Crippen molar-refractivity contribution < 1.29 is 9.53 Å². The van der Waals surface area contributed by atoms with Crippen molar-refractivity contribution >= 4 is 11.6 Å². The number of hydrogen-bond acceptors (Lipinski definition) is 3. The van der Waals surface area contributed by atoms with Gasteiger partial charge in [0.05, 0.1) is 11.7 Å². The van der Waals surface area contributed by atoms with Crippen molar-refractivity contribution in [3.63, 3.8) is 0 Å². The molecule has 0 radical (unpaired) electrons. The van der Waals surface area contributed by atoms with E-state index in [0.29, 0.717) is 24.8 Å². The van der Waals surface area contributed by atoms with E-state index >= 15 is 0 Å². The maximum atomic E-state index is 12.2. The minimum atomic E-state index is -0.00525. The predicted molar refractivity (Wildman–Crippen MR) is 77.0 cm³/mol. The first kappa shape index (κ1) is 13.5. The van der Waals surface area contributed by atoms with Gasteiger partial charge in [0.2, 0.25) is 0 Å². The number of ether oxygens (including phenoxy) is 1. The van der Waals surface area contributed by atoms with Gasteiger partial charge in [0.1, 0.15) is 12.4 Å². The Bertz CT molecular complexity index is 499. The molecule has 4 nitrogen and oxygen atoms in total. The summed E-state index contributed by atoms with van der Waals surface area (Å²) in [6, 6.07) is 5.88. The van der Waals surface area contributed by atoms with Crippen molar-refractivity contribution in [3.8, 4) is 5.75 Å². The minimum absolute atomic E-state index is 0.00525.